The van der Waals surface area contributed by atoms with Crippen molar-refractivity contribution in [2.75, 3.05) is 0 Å². The molecule has 0 fully saturated rings. The van der Waals surface area contributed by atoms with Gasteiger partial charge in [0.05, 0.1) is 5.57 Å². The molecule has 2 aliphatic rings. The van der Waals surface area contributed by atoms with Crippen molar-refractivity contribution in [1.29, 1.82) is 0 Å². The Bertz CT molecular complexity index is 427. The maximum Gasteiger partial charge on any atom is 0.337 e. The third-order valence-electron chi connectivity index (χ3n) is 1.79. The number of fused-ring (bicyclic) bond motifs is 1. The van der Waals surface area contributed by atoms with E-state index in [0.717, 1.165) is 10.5 Å². The first-order valence-electron chi connectivity index (χ1n) is 3.99. The van der Waals surface area contributed by atoms with E-state index in [1.165, 1.54) is 18.0 Å². The highest BCUT2D eigenvalue weighted by Crippen LogP contribution is 2.30. The van der Waals surface area contributed by atoms with Gasteiger partial charge in [-0.15, -0.1) is 0 Å². The van der Waals surface area contributed by atoms with Crippen LogP contribution in [0.1, 0.15) is 0 Å². The molecule has 0 saturated heterocycles. The van der Waals surface area contributed by atoms with Gasteiger partial charge in [-0.25, -0.2) is 4.79 Å². The van der Waals surface area contributed by atoms with E-state index < -0.39 is 5.97 Å². The number of allylic oxidation sites excluding steroid dienone is 3. The summed E-state index contributed by atoms with van der Waals surface area (Å²) in [5.74, 6) is -0.953. The summed E-state index contributed by atoms with van der Waals surface area (Å²) in [5.41, 5.74) is 1.16. The van der Waals surface area contributed by atoms with Gasteiger partial charge in [0.25, 0.3) is 0 Å². The Morgan fingerprint density at radius 1 is 1.50 bits per heavy atom. The fraction of sp³-hybridized carbons (Fsp3) is 0. The van der Waals surface area contributed by atoms with E-state index in [2.05, 4.69) is 4.99 Å². The number of carboxylic acids is 1. The van der Waals surface area contributed by atoms with Gasteiger partial charge >= 0.3 is 5.97 Å². The molecule has 2 heterocycles. The summed E-state index contributed by atoms with van der Waals surface area (Å²) >= 11 is 1.50. The fourth-order valence-electron chi connectivity index (χ4n) is 1.12. The third-order valence-corrected chi connectivity index (χ3v) is 2.70. The number of thioether (sulfide) groups is 1. The molecule has 0 unspecified atom stereocenters. The monoisotopic (exact) mass is 205 g/mol. The molecule has 0 aromatic rings. The molecule has 0 aromatic carbocycles. The molecule has 0 spiro atoms. The summed E-state index contributed by atoms with van der Waals surface area (Å²) in [5, 5.41) is 10.7. The lowest BCUT2D eigenvalue weighted by Crippen LogP contribution is -1.97. The van der Waals surface area contributed by atoms with Gasteiger partial charge in [0.2, 0.25) is 0 Å². The van der Waals surface area contributed by atoms with Gasteiger partial charge in [-0.1, -0.05) is 23.9 Å². The molecule has 0 saturated carbocycles. The van der Waals surface area contributed by atoms with Crippen LogP contribution in [0.25, 0.3) is 0 Å². The van der Waals surface area contributed by atoms with Crippen molar-refractivity contribution in [3.63, 3.8) is 0 Å². The highest BCUT2D eigenvalue weighted by atomic mass is 32.2. The minimum atomic E-state index is -0.953. The lowest BCUT2D eigenvalue weighted by atomic mass is 10.2. The Balaban J connectivity index is 2.43. The first-order valence-corrected chi connectivity index (χ1v) is 4.87. The van der Waals surface area contributed by atoms with Crippen LogP contribution in [0.15, 0.2) is 50.9 Å². The zero-order valence-corrected chi connectivity index (χ0v) is 7.99. The topological polar surface area (TPSA) is 49.7 Å². The maximum absolute atomic E-state index is 10.7. The zero-order valence-electron chi connectivity index (χ0n) is 7.18. The van der Waals surface area contributed by atoms with Crippen molar-refractivity contribution in [3.8, 4) is 0 Å². The summed E-state index contributed by atoms with van der Waals surface area (Å²) < 4.78 is 0. The van der Waals surface area contributed by atoms with Gasteiger partial charge in [0, 0.05) is 22.9 Å². The second kappa shape index (κ2) is 3.67. The lowest BCUT2D eigenvalue weighted by Gasteiger charge is -2.06. The average molecular weight is 205 g/mol. The SMILES string of the molecule is O=C(O)C1=CN=CC2=CC=CSC2=C1. The van der Waals surface area contributed by atoms with Crippen LogP contribution in [-0.4, -0.2) is 17.3 Å². The molecule has 0 bridgehead atoms. The van der Waals surface area contributed by atoms with E-state index >= 15 is 0 Å². The van der Waals surface area contributed by atoms with E-state index in [1.54, 1.807) is 12.3 Å². The Morgan fingerprint density at radius 2 is 2.36 bits per heavy atom. The lowest BCUT2D eigenvalue weighted by molar-refractivity contribution is -0.132. The molecule has 3 nitrogen and oxygen atoms in total. The highest BCUT2D eigenvalue weighted by molar-refractivity contribution is 8.06. The van der Waals surface area contributed by atoms with Crippen LogP contribution in [0.4, 0.5) is 0 Å². The molecule has 1 N–H and O–H groups in total. The molecule has 2 rings (SSSR count). The Labute approximate surface area is 85.2 Å². The molecule has 4 heteroatoms. The normalized spacial score (nSPS) is 19.0. The number of nitrogens with zero attached hydrogens (tertiary/aromatic N) is 1. The molecule has 0 aromatic heterocycles. The summed E-state index contributed by atoms with van der Waals surface area (Å²) in [6.45, 7) is 0. The van der Waals surface area contributed by atoms with Gasteiger partial charge in [-0.05, 0) is 11.5 Å². The van der Waals surface area contributed by atoms with Crippen LogP contribution >= 0.6 is 11.8 Å². The van der Waals surface area contributed by atoms with Crippen molar-refractivity contribution >= 4 is 23.9 Å². The van der Waals surface area contributed by atoms with E-state index in [0.29, 0.717) is 0 Å². The first-order chi connectivity index (χ1) is 6.77. The Kier molecular flexibility index (Phi) is 2.37. The van der Waals surface area contributed by atoms with Gasteiger partial charge in [0.15, 0.2) is 0 Å². The van der Waals surface area contributed by atoms with Crippen LogP contribution in [0, 0.1) is 0 Å². The van der Waals surface area contributed by atoms with Crippen LogP contribution in [0.3, 0.4) is 0 Å². The minimum Gasteiger partial charge on any atom is -0.478 e. The van der Waals surface area contributed by atoms with Crippen LogP contribution in [0.5, 0.6) is 0 Å². The average Bonchev–Trinajstić information content (AvgIpc) is 2.39. The molecule has 2 aliphatic heterocycles. The molecule has 0 atom stereocenters. The minimum absolute atomic E-state index is 0.211. The molecule has 0 radical (unpaired) electrons. The molecular formula is C10H7NO2S. The van der Waals surface area contributed by atoms with Crippen molar-refractivity contribution in [2.24, 2.45) is 4.99 Å². The first kappa shape index (κ1) is 9.02. The number of carboxylic acid groups (broad SMARTS) is 1. The van der Waals surface area contributed by atoms with Crippen molar-refractivity contribution in [3.05, 3.63) is 45.9 Å². The van der Waals surface area contributed by atoms with Gasteiger partial charge in [0.1, 0.15) is 0 Å². The van der Waals surface area contributed by atoms with Gasteiger partial charge < -0.3 is 5.11 Å². The highest BCUT2D eigenvalue weighted by Gasteiger charge is 2.12. The van der Waals surface area contributed by atoms with E-state index in [1.807, 2.05) is 17.6 Å². The van der Waals surface area contributed by atoms with E-state index in [-0.39, 0.29) is 5.57 Å². The Morgan fingerprint density at radius 3 is 3.14 bits per heavy atom. The van der Waals surface area contributed by atoms with Gasteiger partial charge in [-0.2, -0.15) is 0 Å². The van der Waals surface area contributed by atoms with Crippen molar-refractivity contribution < 1.29 is 9.90 Å². The number of rotatable bonds is 1. The number of hydrogen-bond acceptors (Lipinski definition) is 3. The molecule has 14 heavy (non-hydrogen) atoms. The van der Waals surface area contributed by atoms with Gasteiger partial charge in [-0.3, -0.25) is 4.99 Å². The standard InChI is InChI=1S/C10H7NO2S/c12-10(13)8-4-9-7(5-11-6-8)2-1-3-14-9/h1-6H,(H,12,13). The maximum atomic E-state index is 10.7. The number of aliphatic carboxylic acids is 1. The predicted octanol–water partition coefficient (Wildman–Crippen LogP) is 2.11. The smallest absolute Gasteiger partial charge is 0.337 e. The van der Waals surface area contributed by atoms with Crippen LogP contribution < -0.4 is 0 Å². The second-order valence-corrected chi connectivity index (χ2v) is 3.69. The zero-order chi connectivity index (χ0) is 9.97. The van der Waals surface area contributed by atoms with Crippen molar-refractivity contribution in [2.45, 2.75) is 0 Å². The third kappa shape index (κ3) is 1.70. The molecular weight excluding hydrogens is 198 g/mol. The second-order valence-electron chi connectivity index (χ2n) is 2.74. The van der Waals surface area contributed by atoms with Crippen molar-refractivity contribution in [1.82, 2.24) is 0 Å². The summed E-state index contributed by atoms with van der Waals surface area (Å²) in [4.78, 5) is 15.6. The number of aliphatic imine (C=N–C) groups is 1. The van der Waals surface area contributed by atoms with Crippen LogP contribution in [0.2, 0.25) is 0 Å². The summed E-state index contributed by atoms with van der Waals surface area (Å²) in [7, 11) is 0. The van der Waals surface area contributed by atoms with Crippen LogP contribution in [-0.2, 0) is 4.79 Å². The summed E-state index contributed by atoms with van der Waals surface area (Å²) in [6.07, 6.45) is 8.47. The summed E-state index contributed by atoms with van der Waals surface area (Å²) in [6, 6.07) is 0. The number of carbonyl (C=O) groups is 1. The predicted molar refractivity (Wildman–Crippen MR) is 57.1 cm³/mol. The molecule has 70 valence electrons. The largest absolute Gasteiger partial charge is 0.478 e. The fourth-order valence-corrected chi connectivity index (χ4v) is 1.88. The molecule has 0 amide bonds. The Hall–Kier alpha value is -1.55. The van der Waals surface area contributed by atoms with E-state index in [4.69, 9.17) is 5.11 Å². The van der Waals surface area contributed by atoms with E-state index in [9.17, 15) is 4.79 Å². The number of hydrogen-bond donors (Lipinski definition) is 1. The molecule has 0 aliphatic carbocycles. The quantitative estimate of drug-likeness (QED) is 0.713.